The Balaban J connectivity index is 1.28. The number of rotatable bonds is 4. The van der Waals surface area contributed by atoms with Crippen molar-refractivity contribution in [1.29, 1.82) is 0 Å². The zero-order chi connectivity index (χ0) is 18.1. The lowest BCUT2D eigenvalue weighted by Gasteiger charge is -2.38. The number of hydrogen-bond donors (Lipinski definition) is 0. The van der Waals surface area contributed by atoms with Crippen LogP contribution >= 0.6 is 0 Å². The first kappa shape index (κ1) is 17.1. The van der Waals surface area contributed by atoms with Gasteiger partial charge in [0.1, 0.15) is 0 Å². The molecular formula is C20H25N3O3. The lowest BCUT2D eigenvalue weighted by atomic mass is 10.1. The minimum absolute atomic E-state index is 0.00414. The first-order chi connectivity index (χ1) is 12.6. The van der Waals surface area contributed by atoms with Crippen LogP contribution in [0.1, 0.15) is 48.0 Å². The molecule has 0 spiro atoms. The van der Waals surface area contributed by atoms with E-state index < -0.39 is 0 Å². The van der Waals surface area contributed by atoms with Crippen LogP contribution in [0.25, 0.3) is 0 Å². The number of hydrogen-bond acceptors (Lipinski definition) is 3. The maximum Gasteiger partial charge on any atom is 0.254 e. The molecule has 6 nitrogen and oxygen atoms in total. The first-order valence-corrected chi connectivity index (χ1v) is 9.58. The smallest absolute Gasteiger partial charge is 0.254 e. The Hall–Kier alpha value is -2.37. The summed E-state index contributed by atoms with van der Waals surface area (Å²) in [4.78, 5) is 42.7. The van der Waals surface area contributed by atoms with Crippen LogP contribution in [-0.2, 0) is 16.1 Å². The highest BCUT2D eigenvalue weighted by molar-refractivity contribution is 5.98. The van der Waals surface area contributed by atoms with Crippen LogP contribution < -0.4 is 0 Å². The van der Waals surface area contributed by atoms with Crippen molar-refractivity contribution in [3.05, 3.63) is 35.4 Å². The summed E-state index contributed by atoms with van der Waals surface area (Å²) in [5.41, 5.74) is 1.76. The predicted molar refractivity (Wildman–Crippen MR) is 96.3 cm³/mol. The number of amides is 3. The Labute approximate surface area is 153 Å². The molecule has 2 fully saturated rings. The monoisotopic (exact) mass is 355 g/mol. The van der Waals surface area contributed by atoms with Gasteiger partial charge in [-0.1, -0.05) is 31.0 Å². The minimum Gasteiger partial charge on any atom is -0.336 e. The molecule has 0 radical (unpaired) electrons. The van der Waals surface area contributed by atoms with Gasteiger partial charge in [0.15, 0.2) is 0 Å². The highest BCUT2D eigenvalue weighted by Gasteiger charge is 2.33. The second-order valence-electron chi connectivity index (χ2n) is 7.47. The van der Waals surface area contributed by atoms with Gasteiger partial charge in [0.2, 0.25) is 11.8 Å². The van der Waals surface area contributed by atoms with Crippen molar-refractivity contribution in [3.63, 3.8) is 0 Å². The number of benzene rings is 1. The standard InChI is InChI=1S/C20H25N3O3/c24-18(9-10-22-13-15-5-1-4-8-17(15)20(22)26)21-11-12-23(19(25)14-21)16-6-2-3-7-16/h1,4-5,8,16H,2-3,6-7,9-14H2. The van der Waals surface area contributed by atoms with E-state index in [-0.39, 0.29) is 30.7 Å². The van der Waals surface area contributed by atoms with E-state index in [0.717, 1.165) is 24.0 Å². The summed E-state index contributed by atoms with van der Waals surface area (Å²) in [7, 11) is 0. The molecule has 6 heteroatoms. The van der Waals surface area contributed by atoms with E-state index in [1.54, 1.807) is 9.80 Å². The largest absolute Gasteiger partial charge is 0.336 e. The molecule has 0 bridgehead atoms. The molecule has 2 heterocycles. The van der Waals surface area contributed by atoms with Crippen molar-refractivity contribution < 1.29 is 14.4 Å². The summed E-state index contributed by atoms with van der Waals surface area (Å²) in [5, 5.41) is 0. The van der Waals surface area contributed by atoms with Gasteiger partial charge in [-0.05, 0) is 24.5 Å². The number of carbonyl (C=O) groups excluding carboxylic acids is 3. The van der Waals surface area contributed by atoms with Crippen molar-refractivity contribution in [2.45, 2.75) is 44.7 Å². The quantitative estimate of drug-likeness (QED) is 0.825. The van der Waals surface area contributed by atoms with E-state index in [4.69, 9.17) is 0 Å². The van der Waals surface area contributed by atoms with Crippen LogP contribution in [0, 0.1) is 0 Å². The van der Waals surface area contributed by atoms with Gasteiger partial charge in [0, 0.05) is 44.2 Å². The second-order valence-corrected chi connectivity index (χ2v) is 7.47. The molecule has 3 aliphatic rings. The molecule has 26 heavy (non-hydrogen) atoms. The molecule has 0 atom stereocenters. The average Bonchev–Trinajstić information content (AvgIpc) is 3.28. The van der Waals surface area contributed by atoms with Crippen LogP contribution in [0.5, 0.6) is 0 Å². The van der Waals surface area contributed by atoms with E-state index in [9.17, 15) is 14.4 Å². The Morgan fingerprint density at radius 3 is 2.54 bits per heavy atom. The summed E-state index contributed by atoms with van der Waals surface area (Å²) >= 11 is 0. The summed E-state index contributed by atoms with van der Waals surface area (Å²) < 4.78 is 0. The van der Waals surface area contributed by atoms with E-state index in [0.29, 0.717) is 32.2 Å². The van der Waals surface area contributed by atoms with Crippen LogP contribution in [0.2, 0.25) is 0 Å². The molecule has 0 N–H and O–H groups in total. The van der Waals surface area contributed by atoms with E-state index in [1.165, 1.54) is 12.8 Å². The van der Waals surface area contributed by atoms with Gasteiger partial charge in [-0.3, -0.25) is 14.4 Å². The van der Waals surface area contributed by atoms with Crippen LogP contribution in [-0.4, -0.2) is 64.6 Å². The Bertz CT molecular complexity index is 727. The molecule has 1 aromatic rings. The third-order valence-corrected chi connectivity index (χ3v) is 5.87. The van der Waals surface area contributed by atoms with Gasteiger partial charge in [-0.2, -0.15) is 0 Å². The number of fused-ring (bicyclic) bond motifs is 1. The van der Waals surface area contributed by atoms with Gasteiger partial charge in [-0.15, -0.1) is 0 Å². The first-order valence-electron chi connectivity index (χ1n) is 9.58. The Morgan fingerprint density at radius 2 is 1.81 bits per heavy atom. The van der Waals surface area contributed by atoms with E-state index in [2.05, 4.69) is 0 Å². The number of carbonyl (C=O) groups is 3. The molecule has 1 saturated carbocycles. The number of nitrogens with zero attached hydrogens (tertiary/aromatic N) is 3. The summed E-state index contributed by atoms with van der Waals surface area (Å²) in [5.74, 6) is 0.0323. The zero-order valence-electron chi connectivity index (χ0n) is 15.0. The second kappa shape index (κ2) is 7.09. The highest BCUT2D eigenvalue weighted by Crippen LogP contribution is 2.25. The molecule has 3 amide bonds. The fourth-order valence-corrected chi connectivity index (χ4v) is 4.39. The number of piperazine rings is 1. The third-order valence-electron chi connectivity index (χ3n) is 5.87. The highest BCUT2D eigenvalue weighted by atomic mass is 16.2. The van der Waals surface area contributed by atoms with Crippen LogP contribution in [0.3, 0.4) is 0 Å². The Morgan fingerprint density at radius 1 is 1.04 bits per heavy atom. The molecule has 1 aliphatic carbocycles. The molecule has 0 aromatic heterocycles. The van der Waals surface area contributed by atoms with Crippen LogP contribution in [0.15, 0.2) is 24.3 Å². The van der Waals surface area contributed by atoms with Crippen molar-refractivity contribution >= 4 is 17.7 Å². The Kier molecular flexibility index (Phi) is 4.66. The van der Waals surface area contributed by atoms with Crippen molar-refractivity contribution in [2.75, 3.05) is 26.2 Å². The average molecular weight is 355 g/mol. The maximum atomic E-state index is 12.5. The van der Waals surface area contributed by atoms with Gasteiger partial charge < -0.3 is 14.7 Å². The van der Waals surface area contributed by atoms with Crippen molar-refractivity contribution in [2.24, 2.45) is 0 Å². The van der Waals surface area contributed by atoms with Gasteiger partial charge >= 0.3 is 0 Å². The summed E-state index contributed by atoms with van der Waals surface area (Å²) in [6.07, 6.45) is 4.86. The van der Waals surface area contributed by atoms with Gasteiger partial charge in [-0.25, -0.2) is 0 Å². The predicted octanol–water partition coefficient (Wildman–Crippen LogP) is 1.65. The van der Waals surface area contributed by atoms with E-state index in [1.807, 2.05) is 29.2 Å². The SMILES string of the molecule is O=C(CCN1Cc2ccccc2C1=O)N1CCN(C2CCCC2)C(=O)C1. The molecule has 138 valence electrons. The van der Waals surface area contributed by atoms with Gasteiger partial charge in [0.25, 0.3) is 5.91 Å². The van der Waals surface area contributed by atoms with Crippen molar-refractivity contribution in [3.8, 4) is 0 Å². The summed E-state index contributed by atoms with van der Waals surface area (Å²) in [6, 6.07) is 7.95. The topological polar surface area (TPSA) is 60.9 Å². The fourth-order valence-electron chi connectivity index (χ4n) is 4.39. The minimum atomic E-state index is -0.0341. The van der Waals surface area contributed by atoms with Crippen LogP contribution in [0.4, 0.5) is 0 Å². The molecule has 1 aromatic carbocycles. The third kappa shape index (κ3) is 3.20. The molecule has 2 aliphatic heterocycles. The maximum absolute atomic E-state index is 12.5. The van der Waals surface area contributed by atoms with Crippen molar-refractivity contribution in [1.82, 2.24) is 14.7 Å². The summed E-state index contributed by atoms with van der Waals surface area (Å²) in [6.45, 7) is 2.40. The fraction of sp³-hybridized carbons (Fsp3) is 0.550. The van der Waals surface area contributed by atoms with Gasteiger partial charge in [0.05, 0.1) is 6.54 Å². The normalized spacial score (nSPS) is 20.8. The molecule has 1 saturated heterocycles. The lowest BCUT2D eigenvalue weighted by Crippen LogP contribution is -2.55. The van der Waals surface area contributed by atoms with E-state index >= 15 is 0 Å². The zero-order valence-corrected chi connectivity index (χ0v) is 15.0. The lowest BCUT2D eigenvalue weighted by molar-refractivity contribution is -0.147. The molecule has 0 unspecified atom stereocenters. The molecule has 4 rings (SSSR count). The molecular weight excluding hydrogens is 330 g/mol.